The molecule has 90 valence electrons. The molecule has 0 aliphatic rings. The molecule has 1 atom stereocenters. The van der Waals surface area contributed by atoms with E-state index in [1.807, 2.05) is 17.5 Å². The first-order chi connectivity index (χ1) is 8.16. The van der Waals surface area contributed by atoms with E-state index in [1.165, 1.54) is 16.9 Å². The van der Waals surface area contributed by atoms with Crippen molar-refractivity contribution in [3.8, 4) is 0 Å². The normalized spacial score (nSPS) is 12.9. The molecule has 0 radical (unpaired) electrons. The molecule has 17 heavy (non-hydrogen) atoms. The summed E-state index contributed by atoms with van der Waals surface area (Å²) in [7, 11) is 0. The fourth-order valence-electron chi connectivity index (χ4n) is 1.87. The van der Waals surface area contributed by atoms with Crippen molar-refractivity contribution >= 4 is 11.3 Å². The maximum absolute atomic E-state index is 10.2. The van der Waals surface area contributed by atoms with Crippen molar-refractivity contribution in [2.45, 2.75) is 26.4 Å². The molecule has 0 aliphatic carbocycles. The number of benzene rings is 1. The SMILES string of the molecule is CC(C)Cc1cccc(C(O)c2nccs2)c1. The van der Waals surface area contributed by atoms with Gasteiger partial charge in [0.15, 0.2) is 0 Å². The van der Waals surface area contributed by atoms with Gasteiger partial charge in [0, 0.05) is 11.6 Å². The van der Waals surface area contributed by atoms with Crippen LogP contribution in [0.4, 0.5) is 0 Å². The van der Waals surface area contributed by atoms with Gasteiger partial charge < -0.3 is 5.11 Å². The van der Waals surface area contributed by atoms with Gasteiger partial charge in [-0.2, -0.15) is 0 Å². The average molecular weight is 247 g/mol. The number of aliphatic hydroxyl groups excluding tert-OH is 1. The Kier molecular flexibility index (Phi) is 3.92. The molecule has 2 aromatic rings. The largest absolute Gasteiger partial charge is 0.381 e. The van der Waals surface area contributed by atoms with Crippen molar-refractivity contribution < 1.29 is 5.11 Å². The lowest BCUT2D eigenvalue weighted by atomic mass is 9.99. The third-order valence-electron chi connectivity index (χ3n) is 2.60. The molecule has 0 aliphatic heterocycles. The standard InChI is InChI=1S/C14H17NOS/c1-10(2)8-11-4-3-5-12(9-11)13(16)14-15-6-7-17-14/h3-7,9-10,13,16H,8H2,1-2H3. The Labute approximate surface area is 106 Å². The fraction of sp³-hybridized carbons (Fsp3) is 0.357. The van der Waals surface area contributed by atoms with Gasteiger partial charge in [-0.3, -0.25) is 0 Å². The molecule has 1 N–H and O–H groups in total. The number of hydrogen-bond acceptors (Lipinski definition) is 3. The van der Waals surface area contributed by atoms with E-state index in [4.69, 9.17) is 0 Å². The molecule has 2 rings (SSSR count). The van der Waals surface area contributed by atoms with E-state index in [0.717, 1.165) is 17.0 Å². The summed E-state index contributed by atoms with van der Waals surface area (Å²) in [6.45, 7) is 4.40. The highest BCUT2D eigenvalue weighted by molar-refractivity contribution is 7.09. The number of aromatic nitrogens is 1. The second-order valence-electron chi connectivity index (χ2n) is 4.62. The molecule has 3 heteroatoms. The molecule has 1 unspecified atom stereocenters. The smallest absolute Gasteiger partial charge is 0.131 e. The number of hydrogen-bond donors (Lipinski definition) is 1. The van der Waals surface area contributed by atoms with E-state index in [1.54, 1.807) is 6.20 Å². The first-order valence-electron chi connectivity index (χ1n) is 5.83. The van der Waals surface area contributed by atoms with Crippen LogP contribution in [0, 0.1) is 5.92 Å². The maximum atomic E-state index is 10.2. The lowest BCUT2D eigenvalue weighted by molar-refractivity contribution is 0.219. The molecule has 0 fully saturated rings. The van der Waals surface area contributed by atoms with Gasteiger partial charge in [-0.05, 0) is 23.5 Å². The predicted octanol–water partition coefficient (Wildman–Crippen LogP) is 3.42. The average Bonchev–Trinajstić information content (AvgIpc) is 2.81. The van der Waals surface area contributed by atoms with Crippen molar-refractivity contribution in [2.75, 3.05) is 0 Å². The van der Waals surface area contributed by atoms with Gasteiger partial charge >= 0.3 is 0 Å². The van der Waals surface area contributed by atoms with Crippen LogP contribution in [0.2, 0.25) is 0 Å². The zero-order valence-corrected chi connectivity index (χ0v) is 10.9. The second kappa shape index (κ2) is 5.43. The van der Waals surface area contributed by atoms with E-state index < -0.39 is 6.10 Å². The van der Waals surface area contributed by atoms with Gasteiger partial charge in [-0.25, -0.2) is 4.98 Å². The molecule has 1 aromatic carbocycles. The summed E-state index contributed by atoms with van der Waals surface area (Å²) in [5, 5.41) is 12.8. The van der Waals surface area contributed by atoms with Gasteiger partial charge in [-0.1, -0.05) is 38.1 Å². The number of nitrogens with zero attached hydrogens (tertiary/aromatic N) is 1. The highest BCUT2D eigenvalue weighted by Gasteiger charge is 2.13. The molecule has 0 saturated carbocycles. The third kappa shape index (κ3) is 3.14. The minimum Gasteiger partial charge on any atom is -0.381 e. The molecular formula is C14H17NOS. The number of thiazole rings is 1. The van der Waals surface area contributed by atoms with Gasteiger partial charge in [0.2, 0.25) is 0 Å². The summed E-state index contributed by atoms with van der Waals surface area (Å²) < 4.78 is 0. The van der Waals surface area contributed by atoms with Gasteiger partial charge in [-0.15, -0.1) is 11.3 Å². The van der Waals surface area contributed by atoms with Crippen molar-refractivity contribution in [1.82, 2.24) is 4.98 Å². The molecule has 0 spiro atoms. The summed E-state index contributed by atoms with van der Waals surface area (Å²) in [5.41, 5.74) is 2.20. The fourth-order valence-corrected chi connectivity index (χ4v) is 2.52. The van der Waals surface area contributed by atoms with Crippen LogP contribution in [-0.2, 0) is 6.42 Å². The molecule has 1 aromatic heterocycles. The van der Waals surface area contributed by atoms with Gasteiger partial charge in [0.1, 0.15) is 11.1 Å². The first-order valence-corrected chi connectivity index (χ1v) is 6.71. The van der Waals surface area contributed by atoms with Crippen LogP contribution in [0.25, 0.3) is 0 Å². The van der Waals surface area contributed by atoms with Crippen LogP contribution in [0.1, 0.15) is 36.1 Å². The Morgan fingerprint density at radius 3 is 2.82 bits per heavy atom. The van der Waals surface area contributed by atoms with E-state index in [-0.39, 0.29) is 0 Å². The highest BCUT2D eigenvalue weighted by Crippen LogP contribution is 2.24. The monoisotopic (exact) mass is 247 g/mol. The Hall–Kier alpha value is -1.19. The number of aliphatic hydroxyl groups is 1. The molecule has 0 amide bonds. The third-order valence-corrected chi connectivity index (χ3v) is 3.42. The van der Waals surface area contributed by atoms with E-state index >= 15 is 0 Å². The van der Waals surface area contributed by atoms with Crippen LogP contribution in [0.5, 0.6) is 0 Å². The summed E-state index contributed by atoms with van der Waals surface area (Å²) in [6, 6.07) is 8.14. The quantitative estimate of drug-likeness (QED) is 0.898. The predicted molar refractivity (Wildman–Crippen MR) is 71.2 cm³/mol. The molecule has 1 heterocycles. The van der Waals surface area contributed by atoms with Crippen molar-refractivity contribution in [2.24, 2.45) is 5.92 Å². The van der Waals surface area contributed by atoms with E-state index in [2.05, 4.69) is 31.0 Å². The molecule has 2 nitrogen and oxygen atoms in total. The second-order valence-corrected chi connectivity index (χ2v) is 5.54. The lowest BCUT2D eigenvalue weighted by Gasteiger charge is -2.11. The Balaban J connectivity index is 2.21. The Morgan fingerprint density at radius 1 is 1.35 bits per heavy atom. The number of rotatable bonds is 4. The van der Waals surface area contributed by atoms with Crippen LogP contribution in [0.3, 0.4) is 0 Å². The molecule has 0 saturated heterocycles. The van der Waals surface area contributed by atoms with Gasteiger partial charge in [0.25, 0.3) is 0 Å². The summed E-state index contributed by atoms with van der Waals surface area (Å²) in [5.74, 6) is 0.627. The zero-order chi connectivity index (χ0) is 12.3. The van der Waals surface area contributed by atoms with E-state index in [9.17, 15) is 5.11 Å². The van der Waals surface area contributed by atoms with Crippen LogP contribution < -0.4 is 0 Å². The Morgan fingerprint density at radius 2 is 2.18 bits per heavy atom. The minimum absolute atomic E-state index is 0.595. The Bertz CT molecular complexity index is 465. The van der Waals surface area contributed by atoms with Crippen LogP contribution in [0.15, 0.2) is 35.8 Å². The minimum atomic E-state index is -0.595. The zero-order valence-electron chi connectivity index (χ0n) is 10.1. The van der Waals surface area contributed by atoms with E-state index in [0.29, 0.717) is 5.92 Å². The molecule has 0 bridgehead atoms. The summed E-state index contributed by atoms with van der Waals surface area (Å²) in [4.78, 5) is 4.15. The van der Waals surface area contributed by atoms with Crippen molar-refractivity contribution in [3.63, 3.8) is 0 Å². The van der Waals surface area contributed by atoms with Crippen LogP contribution in [-0.4, -0.2) is 10.1 Å². The van der Waals surface area contributed by atoms with Gasteiger partial charge in [0.05, 0.1) is 0 Å². The summed E-state index contributed by atoms with van der Waals surface area (Å²) >= 11 is 1.48. The summed E-state index contributed by atoms with van der Waals surface area (Å²) in [6.07, 6.45) is 2.17. The van der Waals surface area contributed by atoms with Crippen molar-refractivity contribution in [1.29, 1.82) is 0 Å². The lowest BCUT2D eigenvalue weighted by Crippen LogP contribution is -2.01. The van der Waals surface area contributed by atoms with Crippen LogP contribution >= 0.6 is 11.3 Å². The maximum Gasteiger partial charge on any atom is 0.131 e. The molecular weight excluding hydrogens is 230 g/mol. The topological polar surface area (TPSA) is 33.1 Å². The highest BCUT2D eigenvalue weighted by atomic mass is 32.1. The first kappa shape index (κ1) is 12.3. The van der Waals surface area contributed by atoms with Crippen molar-refractivity contribution in [3.05, 3.63) is 52.0 Å².